The molecule has 2 rings (SSSR count). The van der Waals surface area contributed by atoms with E-state index < -0.39 is 17.5 Å². The number of piperidine rings is 1. The molecule has 1 fully saturated rings. The maximum Gasteiger partial charge on any atom is 0.257 e. The van der Waals surface area contributed by atoms with Gasteiger partial charge in [-0.05, 0) is 31.4 Å². The molecule has 1 N–H and O–H groups in total. The molecule has 1 atom stereocenters. The topological polar surface area (TPSA) is 40.5 Å². The molecule has 0 aliphatic carbocycles. The van der Waals surface area contributed by atoms with Crippen LogP contribution in [0.25, 0.3) is 0 Å². The number of aliphatic hydroxyl groups excluding tert-OH is 1. The number of hydrogen-bond donors (Lipinski definition) is 1. The van der Waals surface area contributed by atoms with E-state index in [1.807, 2.05) is 0 Å². The van der Waals surface area contributed by atoms with Gasteiger partial charge in [0.05, 0.1) is 18.2 Å². The van der Waals surface area contributed by atoms with Gasteiger partial charge in [0.15, 0.2) is 11.6 Å². The highest BCUT2D eigenvalue weighted by Crippen LogP contribution is 2.21. The number of amides is 1. The Kier molecular flexibility index (Phi) is 3.91. The predicted molar refractivity (Wildman–Crippen MR) is 62.1 cm³/mol. The van der Waals surface area contributed by atoms with Crippen molar-refractivity contribution in [1.29, 1.82) is 0 Å². The summed E-state index contributed by atoms with van der Waals surface area (Å²) >= 11 is 0. The Morgan fingerprint density at radius 3 is 2.89 bits per heavy atom. The fraction of sp³-hybridized carbons (Fsp3) is 0.462. The van der Waals surface area contributed by atoms with E-state index in [0.29, 0.717) is 13.0 Å². The summed E-state index contributed by atoms with van der Waals surface area (Å²) in [4.78, 5) is 13.6. The summed E-state index contributed by atoms with van der Waals surface area (Å²) in [6.45, 7) is 0.322. The first-order valence-corrected chi connectivity index (χ1v) is 6.01. The molecular formula is C13H15F2NO2. The molecular weight excluding hydrogens is 240 g/mol. The summed E-state index contributed by atoms with van der Waals surface area (Å²) in [6.07, 6.45) is 2.44. The van der Waals surface area contributed by atoms with E-state index in [4.69, 9.17) is 0 Å². The zero-order valence-electron chi connectivity index (χ0n) is 9.90. The SMILES string of the molecule is O=C(c1cccc(F)c1F)N1CCCCC1CO. The normalized spacial score (nSPS) is 19.9. The molecule has 5 heteroatoms. The van der Waals surface area contributed by atoms with Crippen molar-refractivity contribution < 1.29 is 18.7 Å². The average molecular weight is 255 g/mol. The van der Waals surface area contributed by atoms with Crippen molar-refractivity contribution in [2.75, 3.05) is 13.2 Å². The third-order valence-electron chi connectivity index (χ3n) is 3.28. The molecule has 3 nitrogen and oxygen atoms in total. The molecule has 1 heterocycles. The zero-order chi connectivity index (χ0) is 13.1. The first kappa shape index (κ1) is 13.0. The fourth-order valence-electron chi connectivity index (χ4n) is 2.28. The molecule has 1 aliphatic rings. The highest BCUT2D eigenvalue weighted by Gasteiger charge is 2.28. The van der Waals surface area contributed by atoms with E-state index in [0.717, 1.165) is 18.9 Å². The highest BCUT2D eigenvalue weighted by molar-refractivity contribution is 5.94. The standard InChI is InChI=1S/C13H15F2NO2/c14-11-6-3-5-10(12(11)15)13(18)16-7-2-1-4-9(16)8-17/h3,5-6,9,17H,1-2,4,7-8H2. The van der Waals surface area contributed by atoms with Crippen molar-refractivity contribution >= 4 is 5.91 Å². The van der Waals surface area contributed by atoms with Crippen molar-refractivity contribution in [3.8, 4) is 0 Å². The molecule has 0 bridgehead atoms. The van der Waals surface area contributed by atoms with Crippen LogP contribution in [0.1, 0.15) is 29.6 Å². The first-order chi connectivity index (χ1) is 8.65. The molecule has 1 aromatic rings. The molecule has 0 radical (unpaired) electrons. The monoisotopic (exact) mass is 255 g/mol. The van der Waals surface area contributed by atoms with Crippen LogP contribution in [0.15, 0.2) is 18.2 Å². The summed E-state index contributed by atoms with van der Waals surface area (Å²) < 4.78 is 26.6. The summed E-state index contributed by atoms with van der Waals surface area (Å²) in [5.41, 5.74) is -0.268. The summed E-state index contributed by atoms with van der Waals surface area (Å²) in [7, 11) is 0. The van der Waals surface area contributed by atoms with Crippen LogP contribution < -0.4 is 0 Å². The van der Waals surface area contributed by atoms with E-state index in [9.17, 15) is 18.7 Å². The van der Waals surface area contributed by atoms with Crippen LogP contribution in [-0.4, -0.2) is 35.1 Å². The van der Waals surface area contributed by atoms with Gasteiger partial charge in [0, 0.05) is 6.54 Å². The molecule has 1 aromatic carbocycles. The zero-order valence-corrected chi connectivity index (χ0v) is 9.90. The van der Waals surface area contributed by atoms with Crippen molar-refractivity contribution in [2.45, 2.75) is 25.3 Å². The molecule has 98 valence electrons. The second kappa shape index (κ2) is 5.44. The van der Waals surface area contributed by atoms with Gasteiger partial charge in [-0.3, -0.25) is 4.79 Å². The number of halogens is 2. The van der Waals surface area contributed by atoms with Gasteiger partial charge < -0.3 is 10.0 Å². The molecule has 0 spiro atoms. The molecule has 18 heavy (non-hydrogen) atoms. The minimum Gasteiger partial charge on any atom is -0.394 e. The lowest BCUT2D eigenvalue weighted by Crippen LogP contribution is -2.45. The minimum absolute atomic E-state index is 0.150. The summed E-state index contributed by atoms with van der Waals surface area (Å²) in [5.74, 6) is -2.70. The van der Waals surface area contributed by atoms with Crippen molar-refractivity contribution in [3.63, 3.8) is 0 Å². The second-order valence-corrected chi connectivity index (χ2v) is 4.43. The number of likely N-dealkylation sites (tertiary alicyclic amines) is 1. The maximum atomic E-state index is 13.6. The van der Waals surface area contributed by atoms with E-state index >= 15 is 0 Å². The van der Waals surface area contributed by atoms with E-state index in [-0.39, 0.29) is 18.2 Å². The van der Waals surface area contributed by atoms with Gasteiger partial charge in [0.2, 0.25) is 0 Å². The van der Waals surface area contributed by atoms with Crippen molar-refractivity contribution in [3.05, 3.63) is 35.4 Å². The van der Waals surface area contributed by atoms with Crippen LogP contribution in [0.3, 0.4) is 0 Å². The second-order valence-electron chi connectivity index (χ2n) is 4.43. The first-order valence-electron chi connectivity index (χ1n) is 6.01. The van der Waals surface area contributed by atoms with E-state index in [1.165, 1.54) is 17.0 Å². The highest BCUT2D eigenvalue weighted by atomic mass is 19.2. The molecule has 1 unspecified atom stereocenters. The third-order valence-corrected chi connectivity index (χ3v) is 3.28. The fourth-order valence-corrected chi connectivity index (χ4v) is 2.28. The lowest BCUT2D eigenvalue weighted by atomic mass is 10.0. The predicted octanol–water partition coefficient (Wildman–Crippen LogP) is 1.95. The Bertz CT molecular complexity index is 451. The molecule has 1 saturated heterocycles. The van der Waals surface area contributed by atoms with Gasteiger partial charge in [-0.2, -0.15) is 0 Å². The largest absolute Gasteiger partial charge is 0.394 e. The lowest BCUT2D eigenvalue weighted by Gasteiger charge is -2.34. The quantitative estimate of drug-likeness (QED) is 0.877. The molecule has 1 amide bonds. The Morgan fingerprint density at radius 1 is 1.39 bits per heavy atom. The summed E-state index contributed by atoms with van der Waals surface area (Å²) in [5, 5.41) is 9.22. The number of carbonyl (C=O) groups is 1. The van der Waals surface area contributed by atoms with E-state index in [1.54, 1.807) is 0 Å². The van der Waals surface area contributed by atoms with Gasteiger partial charge >= 0.3 is 0 Å². The van der Waals surface area contributed by atoms with Gasteiger partial charge in [0.1, 0.15) is 0 Å². The Morgan fingerprint density at radius 2 is 2.17 bits per heavy atom. The van der Waals surface area contributed by atoms with Crippen LogP contribution in [-0.2, 0) is 0 Å². The third kappa shape index (κ3) is 2.36. The van der Waals surface area contributed by atoms with Gasteiger partial charge in [0.25, 0.3) is 5.91 Å². The maximum absolute atomic E-state index is 13.6. The molecule has 1 aliphatic heterocycles. The van der Waals surface area contributed by atoms with Gasteiger partial charge in [-0.25, -0.2) is 8.78 Å². The van der Waals surface area contributed by atoms with Crippen molar-refractivity contribution in [2.24, 2.45) is 0 Å². The van der Waals surface area contributed by atoms with Crippen LogP contribution in [0.2, 0.25) is 0 Å². The minimum atomic E-state index is -1.12. The Hall–Kier alpha value is -1.49. The van der Waals surface area contributed by atoms with Gasteiger partial charge in [-0.15, -0.1) is 0 Å². The van der Waals surface area contributed by atoms with Crippen LogP contribution >= 0.6 is 0 Å². The lowest BCUT2D eigenvalue weighted by molar-refractivity contribution is 0.0497. The number of nitrogens with zero attached hydrogens (tertiary/aromatic N) is 1. The average Bonchev–Trinajstić information content (AvgIpc) is 2.41. The Balaban J connectivity index is 2.27. The van der Waals surface area contributed by atoms with Crippen molar-refractivity contribution in [1.82, 2.24) is 4.90 Å². The number of aliphatic hydroxyl groups is 1. The summed E-state index contributed by atoms with van der Waals surface area (Å²) in [6, 6.07) is 3.26. The van der Waals surface area contributed by atoms with Crippen LogP contribution in [0, 0.1) is 11.6 Å². The number of benzene rings is 1. The number of carbonyl (C=O) groups excluding carboxylic acids is 1. The number of rotatable bonds is 2. The van der Waals surface area contributed by atoms with E-state index in [2.05, 4.69) is 0 Å². The molecule has 0 aromatic heterocycles. The van der Waals surface area contributed by atoms with Crippen LogP contribution in [0.5, 0.6) is 0 Å². The smallest absolute Gasteiger partial charge is 0.257 e. The van der Waals surface area contributed by atoms with Crippen LogP contribution in [0.4, 0.5) is 8.78 Å². The molecule has 0 saturated carbocycles. The van der Waals surface area contributed by atoms with Gasteiger partial charge in [-0.1, -0.05) is 6.07 Å². The number of hydrogen-bond acceptors (Lipinski definition) is 2. The Labute approximate surface area is 104 Å².